The zero-order chi connectivity index (χ0) is 40.3. The van der Waals surface area contributed by atoms with Crippen LogP contribution in [0.2, 0.25) is 0 Å². The Kier molecular flexibility index (Phi) is 7.97. The third-order valence-corrected chi connectivity index (χ3v) is 15.2. The minimum absolute atomic E-state index is 0.0653. The summed E-state index contributed by atoms with van der Waals surface area (Å²) in [5.41, 5.74) is 11.0. The summed E-state index contributed by atoms with van der Waals surface area (Å²) in [4.78, 5) is 2.36. The van der Waals surface area contributed by atoms with E-state index in [9.17, 15) is 0 Å². The molecule has 0 bridgehead atoms. The van der Waals surface area contributed by atoms with Crippen LogP contribution in [0.5, 0.6) is 28.7 Å². The number of hydrogen-bond acceptors (Lipinski definition) is 7. The molecule has 6 unspecified atom stereocenters. The third-order valence-electron chi connectivity index (χ3n) is 15.2. The van der Waals surface area contributed by atoms with Gasteiger partial charge in [0.15, 0.2) is 5.60 Å². The smallest absolute Gasteiger partial charge is 0.178 e. The van der Waals surface area contributed by atoms with E-state index < -0.39 is 5.60 Å². The molecule has 6 atom stereocenters. The van der Waals surface area contributed by atoms with Crippen LogP contribution in [0.1, 0.15) is 47.1 Å². The minimum Gasteiger partial charge on any atom is -0.497 e. The van der Waals surface area contributed by atoms with Crippen LogP contribution in [-0.4, -0.2) is 54.7 Å². The van der Waals surface area contributed by atoms with Crippen LogP contribution in [0, 0.1) is 23.7 Å². The van der Waals surface area contributed by atoms with E-state index >= 15 is 0 Å². The van der Waals surface area contributed by atoms with Gasteiger partial charge in [0, 0.05) is 46.1 Å². The van der Waals surface area contributed by atoms with Crippen LogP contribution in [0.3, 0.4) is 0 Å². The average molecular weight is 796 g/mol. The number of hydrogen-bond donors (Lipinski definition) is 0. The molecule has 6 aliphatic rings. The lowest BCUT2D eigenvalue weighted by atomic mass is 9.66. The first-order valence-corrected chi connectivity index (χ1v) is 21.5. The lowest BCUT2D eigenvalue weighted by Crippen LogP contribution is -2.38. The SMILES string of the molecule is COc1ccc(-c2cc3c4c(c5c(c3cc2OC)OC(c2ccc(OC)cc2)(c2ccc(OC)c(N3CCOCC3)c2)C=C5)C2(CC3C5CCC2C53)c2ccccc2-4)cc1. The average Bonchev–Trinajstić information content (AvgIpc) is 3.53. The van der Waals surface area contributed by atoms with Gasteiger partial charge in [-0.2, -0.15) is 0 Å². The van der Waals surface area contributed by atoms with E-state index in [0.717, 1.165) is 92.9 Å². The summed E-state index contributed by atoms with van der Waals surface area (Å²) < 4.78 is 37.3. The van der Waals surface area contributed by atoms with Crippen molar-refractivity contribution >= 4 is 22.5 Å². The zero-order valence-corrected chi connectivity index (χ0v) is 34.6. The Morgan fingerprint density at radius 1 is 0.667 bits per heavy atom. The Morgan fingerprint density at radius 3 is 2.13 bits per heavy atom. The molecular weight excluding hydrogens is 747 g/mol. The molecule has 1 saturated heterocycles. The number of rotatable bonds is 8. The lowest BCUT2D eigenvalue weighted by molar-refractivity contribution is 0.122. The largest absolute Gasteiger partial charge is 0.497 e. The van der Waals surface area contributed by atoms with Crippen molar-refractivity contribution in [2.45, 2.75) is 30.3 Å². The second-order valence-electron chi connectivity index (χ2n) is 17.5. The summed E-state index contributed by atoms with van der Waals surface area (Å²) in [6.07, 6.45) is 8.57. The summed E-state index contributed by atoms with van der Waals surface area (Å²) in [7, 11) is 6.94. The molecule has 7 heteroatoms. The summed E-state index contributed by atoms with van der Waals surface area (Å²) in [5, 5.41) is 2.24. The predicted octanol–water partition coefficient (Wildman–Crippen LogP) is 10.7. The van der Waals surface area contributed by atoms with Crippen molar-refractivity contribution in [2.24, 2.45) is 23.7 Å². The Bertz CT molecular complexity index is 2730. The number of fused-ring (bicyclic) bond motifs is 12. The molecule has 0 aromatic heterocycles. The molecule has 0 N–H and O–H groups in total. The van der Waals surface area contributed by atoms with Crippen LogP contribution in [0.4, 0.5) is 5.69 Å². The van der Waals surface area contributed by atoms with Gasteiger partial charge in [-0.15, -0.1) is 0 Å². The Hall–Kier alpha value is -5.92. The van der Waals surface area contributed by atoms with Gasteiger partial charge in [0.05, 0.1) is 47.3 Å². The number of methoxy groups -OCH3 is 4. The van der Waals surface area contributed by atoms with Gasteiger partial charge in [-0.1, -0.05) is 60.7 Å². The highest BCUT2D eigenvalue weighted by molar-refractivity contribution is 6.11. The molecule has 0 amide bonds. The molecule has 6 aromatic carbocycles. The van der Waals surface area contributed by atoms with Crippen LogP contribution in [-0.2, 0) is 15.8 Å². The molecule has 302 valence electrons. The molecule has 0 radical (unpaired) electrons. The van der Waals surface area contributed by atoms with Gasteiger partial charge in [-0.05, 0) is 131 Å². The van der Waals surface area contributed by atoms with Crippen LogP contribution in [0.15, 0.2) is 109 Å². The van der Waals surface area contributed by atoms with E-state index in [-0.39, 0.29) is 5.41 Å². The highest BCUT2D eigenvalue weighted by Crippen LogP contribution is 2.79. The van der Waals surface area contributed by atoms with Crippen molar-refractivity contribution in [3.8, 4) is 51.0 Å². The highest BCUT2D eigenvalue weighted by Gasteiger charge is 2.72. The molecule has 60 heavy (non-hydrogen) atoms. The van der Waals surface area contributed by atoms with Crippen molar-refractivity contribution in [2.75, 3.05) is 59.6 Å². The summed E-state index contributed by atoms with van der Waals surface area (Å²) in [6, 6.07) is 37.1. The normalized spacial score (nSPS) is 26.3. The van der Waals surface area contributed by atoms with Gasteiger partial charge in [0.2, 0.25) is 0 Å². The molecule has 6 aromatic rings. The Morgan fingerprint density at radius 2 is 1.40 bits per heavy atom. The van der Waals surface area contributed by atoms with E-state index in [1.165, 1.54) is 52.5 Å². The standard InChI is InChI=1S/C53H49NO6/c1-55-34-14-9-31(10-15-34)39-28-40-41(29-47(39)58-4)51-38(50-49(40)37-7-5-6-8-43(37)52(50)30-42-36-18-19-44(52)48(36)42)21-22-53(60-51,32-11-16-35(56-2)17-12-32)33-13-20-46(57-3)45(27-33)54-23-25-59-26-24-54/h5-17,20-22,27-29,36,42,44,48H,18-19,23-26,30H2,1-4H3. The fraction of sp³-hybridized carbons (Fsp3) is 0.321. The molecule has 3 saturated carbocycles. The van der Waals surface area contributed by atoms with E-state index in [0.29, 0.717) is 19.1 Å². The van der Waals surface area contributed by atoms with Gasteiger partial charge < -0.3 is 33.3 Å². The quantitative estimate of drug-likeness (QED) is 0.152. The first-order chi connectivity index (χ1) is 29.5. The molecule has 4 aliphatic carbocycles. The second kappa shape index (κ2) is 13.3. The molecule has 7 nitrogen and oxygen atoms in total. The fourth-order valence-corrected chi connectivity index (χ4v) is 12.6. The van der Waals surface area contributed by atoms with Gasteiger partial charge in [-0.25, -0.2) is 0 Å². The van der Waals surface area contributed by atoms with E-state index in [4.69, 9.17) is 28.4 Å². The number of ether oxygens (including phenoxy) is 6. The maximum Gasteiger partial charge on any atom is 0.178 e. The molecule has 1 spiro atoms. The topological polar surface area (TPSA) is 58.6 Å². The van der Waals surface area contributed by atoms with E-state index in [2.05, 4.69) is 95.9 Å². The zero-order valence-electron chi connectivity index (χ0n) is 34.6. The maximum absolute atomic E-state index is 7.93. The number of morpholine rings is 1. The summed E-state index contributed by atoms with van der Waals surface area (Å²) in [6.45, 7) is 2.92. The monoisotopic (exact) mass is 795 g/mol. The molecule has 2 aliphatic heterocycles. The highest BCUT2D eigenvalue weighted by atomic mass is 16.5. The van der Waals surface area contributed by atoms with E-state index in [1.54, 1.807) is 28.4 Å². The van der Waals surface area contributed by atoms with E-state index in [1.807, 2.05) is 24.3 Å². The predicted molar refractivity (Wildman–Crippen MR) is 236 cm³/mol. The number of nitrogens with zero attached hydrogens (tertiary/aromatic N) is 1. The fourth-order valence-electron chi connectivity index (χ4n) is 12.6. The maximum atomic E-state index is 7.93. The Balaban J connectivity index is 1.15. The number of anilines is 1. The van der Waals surface area contributed by atoms with Crippen LogP contribution >= 0.6 is 0 Å². The van der Waals surface area contributed by atoms with Crippen molar-refractivity contribution < 1.29 is 28.4 Å². The van der Waals surface area contributed by atoms with Crippen molar-refractivity contribution in [3.63, 3.8) is 0 Å². The third kappa shape index (κ3) is 4.87. The van der Waals surface area contributed by atoms with Crippen molar-refractivity contribution in [1.29, 1.82) is 0 Å². The molecule has 2 heterocycles. The van der Waals surface area contributed by atoms with Gasteiger partial charge in [0.1, 0.15) is 28.7 Å². The summed E-state index contributed by atoms with van der Waals surface area (Å²) >= 11 is 0. The number of benzene rings is 6. The molecular formula is C53H49NO6. The molecule has 12 rings (SSSR count). The molecule has 4 fully saturated rings. The Labute approximate surface area is 351 Å². The first-order valence-electron chi connectivity index (χ1n) is 21.5. The second-order valence-corrected chi connectivity index (χ2v) is 17.5. The van der Waals surface area contributed by atoms with Crippen molar-refractivity contribution in [1.82, 2.24) is 0 Å². The first kappa shape index (κ1) is 36.0. The van der Waals surface area contributed by atoms with Gasteiger partial charge in [0.25, 0.3) is 0 Å². The van der Waals surface area contributed by atoms with Crippen LogP contribution < -0.4 is 28.6 Å². The summed E-state index contributed by atoms with van der Waals surface area (Å²) in [5.74, 6) is 7.26. The lowest BCUT2D eigenvalue weighted by Gasteiger charge is -2.41. The minimum atomic E-state index is -0.982. The van der Waals surface area contributed by atoms with Crippen LogP contribution in [0.25, 0.3) is 39.1 Å². The van der Waals surface area contributed by atoms with Crippen molar-refractivity contribution in [3.05, 3.63) is 137 Å². The van der Waals surface area contributed by atoms with Gasteiger partial charge in [-0.3, -0.25) is 0 Å². The van der Waals surface area contributed by atoms with Gasteiger partial charge >= 0.3 is 0 Å².